The average molecular weight is 172 g/mol. The first-order valence-corrected chi connectivity index (χ1v) is 4.90. The second kappa shape index (κ2) is 5.51. The van der Waals surface area contributed by atoms with Gasteiger partial charge in [-0.05, 0) is 38.4 Å². The molecular weight excluding hydrogens is 152 g/mol. The van der Waals surface area contributed by atoms with E-state index in [2.05, 4.69) is 17.1 Å². The standard InChI is InChI=1S/C9H20N2O/c1-2-11(8-12)7-9-3-5-10-6-4-9/h9-10,12H,2-8H2,1H3. The van der Waals surface area contributed by atoms with Gasteiger partial charge in [-0.2, -0.15) is 0 Å². The number of hydrogen-bond acceptors (Lipinski definition) is 3. The third kappa shape index (κ3) is 3.09. The molecule has 1 fully saturated rings. The molecule has 0 unspecified atom stereocenters. The molecule has 0 aliphatic carbocycles. The molecule has 0 atom stereocenters. The summed E-state index contributed by atoms with van der Waals surface area (Å²) in [6, 6.07) is 0. The van der Waals surface area contributed by atoms with Crippen molar-refractivity contribution in [3.8, 4) is 0 Å². The molecule has 1 aliphatic rings. The van der Waals surface area contributed by atoms with E-state index in [9.17, 15) is 0 Å². The number of nitrogens with zero attached hydrogens (tertiary/aromatic N) is 1. The van der Waals surface area contributed by atoms with Crippen LogP contribution in [-0.2, 0) is 0 Å². The van der Waals surface area contributed by atoms with E-state index in [1.54, 1.807) is 0 Å². The molecule has 0 bridgehead atoms. The van der Waals surface area contributed by atoms with Crippen molar-refractivity contribution in [2.75, 3.05) is 32.9 Å². The Morgan fingerprint density at radius 3 is 2.58 bits per heavy atom. The summed E-state index contributed by atoms with van der Waals surface area (Å²) >= 11 is 0. The van der Waals surface area contributed by atoms with E-state index in [-0.39, 0.29) is 6.73 Å². The SMILES string of the molecule is CCN(CO)CC1CCNCC1. The summed E-state index contributed by atoms with van der Waals surface area (Å²) in [6.07, 6.45) is 2.52. The Balaban J connectivity index is 2.18. The third-order valence-corrected chi connectivity index (χ3v) is 2.62. The first-order valence-electron chi connectivity index (χ1n) is 4.90. The average Bonchev–Trinajstić information content (AvgIpc) is 2.16. The van der Waals surface area contributed by atoms with Crippen molar-refractivity contribution in [3.63, 3.8) is 0 Å². The van der Waals surface area contributed by atoms with E-state index in [0.717, 1.165) is 32.1 Å². The van der Waals surface area contributed by atoms with Crippen molar-refractivity contribution in [3.05, 3.63) is 0 Å². The van der Waals surface area contributed by atoms with Crippen LogP contribution >= 0.6 is 0 Å². The van der Waals surface area contributed by atoms with Crippen LogP contribution in [0, 0.1) is 5.92 Å². The summed E-state index contributed by atoms with van der Waals surface area (Å²) in [5.41, 5.74) is 0. The first-order chi connectivity index (χ1) is 5.86. The van der Waals surface area contributed by atoms with Gasteiger partial charge in [0.1, 0.15) is 0 Å². The fourth-order valence-electron chi connectivity index (χ4n) is 1.72. The molecule has 3 heteroatoms. The second-order valence-corrected chi connectivity index (χ2v) is 3.50. The van der Waals surface area contributed by atoms with Gasteiger partial charge in [0.2, 0.25) is 0 Å². The van der Waals surface area contributed by atoms with Crippen LogP contribution in [0.4, 0.5) is 0 Å². The Morgan fingerprint density at radius 1 is 1.42 bits per heavy atom. The van der Waals surface area contributed by atoms with E-state index < -0.39 is 0 Å². The van der Waals surface area contributed by atoms with Crippen molar-refractivity contribution in [2.45, 2.75) is 19.8 Å². The normalized spacial score (nSPS) is 20.2. The van der Waals surface area contributed by atoms with Gasteiger partial charge in [0.25, 0.3) is 0 Å². The molecule has 12 heavy (non-hydrogen) atoms. The van der Waals surface area contributed by atoms with Crippen LogP contribution in [0.15, 0.2) is 0 Å². The zero-order valence-electron chi connectivity index (χ0n) is 7.92. The van der Waals surface area contributed by atoms with Crippen LogP contribution in [0.1, 0.15) is 19.8 Å². The predicted octanol–water partition coefficient (Wildman–Crippen LogP) is 0.258. The molecule has 1 aliphatic heterocycles. The molecule has 1 saturated heterocycles. The van der Waals surface area contributed by atoms with Gasteiger partial charge in [-0.25, -0.2) is 0 Å². The highest BCUT2D eigenvalue weighted by molar-refractivity contribution is 4.70. The minimum absolute atomic E-state index is 0.209. The van der Waals surface area contributed by atoms with E-state index in [4.69, 9.17) is 5.11 Å². The van der Waals surface area contributed by atoms with Crippen LogP contribution < -0.4 is 5.32 Å². The van der Waals surface area contributed by atoms with Crippen LogP contribution in [0.25, 0.3) is 0 Å². The minimum atomic E-state index is 0.209. The smallest absolute Gasteiger partial charge is 0.0956 e. The van der Waals surface area contributed by atoms with Crippen molar-refractivity contribution in [2.24, 2.45) is 5.92 Å². The molecule has 0 aromatic carbocycles. The van der Waals surface area contributed by atoms with Gasteiger partial charge in [0.05, 0.1) is 6.73 Å². The number of hydrogen-bond donors (Lipinski definition) is 2. The van der Waals surface area contributed by atoms with E-state index >= 15 is 0 Å². The van der Waals surface area contributed by atoms with E-state index in [1.165, 1.54) is 12.8 Å². The molecular formula is C9H20N2O. The Hall–Kier alpha value is -0.120. The number of rotatable bonds is 4. The van der Waals surface area contributed by atoms with Crippen molar-refractivity contribution in [1.29, 1.82) is 0 Å². The molecule has 0 aromatic rings. The van der Waals surface area contributed by atoms with Gasteiger partial charge in [-0.3, -0.25) is 4.90 Å². The lowest BCUT2D eigenvalue weighted by Gasteiger charge is -2.27. The van der Waals surface area contributed by atoms with E-state index in [1.807, 2.05) is 0 Å². The van der Waals surface area contributed by atoms with Gasteiger partial charge < -0.3 is 10.4 Å². The van der Waals surface area contributed by atoms with Gasteiger partial charge >= 0.3 is 0 Å². The fourth-order valence-corrected chi connectivity index (χ4v) is 1.72. The molecule has 1 rings (SSSR count). The Bertz CT molecular complexity index is 109. The predicted molar refractivity (Wildman–Crippen MR) is 49.9 cm³/mol. The lowest BCUT2D eigenvalue weighted by molar-refractivity contribution is 0.0903. The lowest BCUT2D eigenvalue weighted by atomic mass is 9.98. The van der Waals surface area contributed by atoms with Crippen molar-refractivity contribution < 1.29 is 5.11 Å². The van der Waals surface area contributed by atoms with Crippen LogP contribution in [-0.4, -0.2) is 42.9 Å². The summed E-state index contributed by atoms with van der Waals surface area (Å²) in [5.74, 6) is 0.790. The Morgan fingerprint density at radius 2 is 2.08 bits per heavy atom. The van der Waals surface area contributed by atoms with Gasteiger partial charge in [0.15, 0.2) is 0 Å². The largest absolute Gasteiger partial charge is 0.381 e. The first kappa shape index (κ1) is 9.96. The van der Waals surface area contributed by atoms with Crippen LogP contribution in [0.3, 0.4) is 0 Å². The summed E-state index contributed by atoms with van der Waals surface area (Å²) < 4.78 is 0. The van der Waals surface area contributed by atoms with Crippen LogP contribution in [0.2, 0.25) is 0 Å². The molecule has 0 saturated carbocycles. The third-order valence-electron chi connectivity index (χ3n) is 2.62. The zero-order valence-corrected chi connectivity index (χ0v) is 7.92. The van der Waals surface area contributed by atoms with Gasteiger partial charge in [-0.15, -0.1) is 0 Å². The molecule has 3 nitrogen and oxygen atoms in total. The molecule has 0 spiro atoms. The van der Waals surface area contributed by atoms with Crippen molar-refractivity contribution in [1.82, 2.24) is 10.2 Å². The fraction of sp³-hybridized carbons (Fsp3) is 1.00. The van der Waals surface area contributed by atoms with Gasteiger partial charge in [-0.1, -0.05) is 6.92 Å². The molecule has 72 valence electrons. The summed E-state index contributed by atoms with van der Waals surface area (Å²) in [7, 11) is 0. The van der Waals surface area contributed by atoms with E-state index in [0.29, 0.717) is 0 Å². The quantitative estimate of drug-likeness (QED) is 0.597. The molecule has 0 amide bonds. The highest BCUT2D eigenvalue weighted by Gasteiger charge is 2.15. The highest BCUT2D eigenvalue weighted by Crippen LogP contribution is 2.12. The summed E-state index contributed by atoms with van der Waals surface area (Å²) in [6.45, 7) is 6.62. The maximum atomic E-state index is 8.97. The molecule has 1 heterocycles. The second-order valence-electron chi connectivity index (χ2n) is 3.50. The minimum Gasteiger partial charge on any atom is -0.381 e. The maximum absolute atomic E-state index is 8.97. The van der Waals surface area contributed by atoms with Crippen molar-refractivity contribution >= 4 is 0 Å². The summed E-state index contributed by atoms with van der Waals surface area (Å²) in [4.78, 5) is 2.09. The number of aliphatic hydroxyl groups is 1. The summed E-state index contributed by atoms with van der Waals surface area (Å²) in [5, 5.41) is 12.3. The molecule has 0 radical (unpaired) electrons. The van der Waals surface area contributed by atoms with Crippen LogP contribution in [0.5, 0.6) is 0 Å². The number of piperidine rings is 1. The highest BCUT2D eigenvalue weighted by atomic mass is 16.3. The Labute approximate surface area is 74.8 Å². The maximum Gasteiger partial charge on any atom is 0.0956 e. The molecule has 0 aromatic heterocycles. The van der Waals surface area contributed by atoms with Gasteiger partial charge in [0, 0.05) is 6.54 Å². The topological polar surface area (TPSA) is 35.5 Å². The molecule has 2 N–H and O–H groups in total. The zero-order chi connectivity index (χ0) is 8.81. The Kier molecular flexibility index (Phi) is 4.58. The lowest BCUT2D eigenvalue weighted by Crippen LogP contribution is -2.36. The number of nitrogens with one attached hydrogen (secondary N) is 1. The number of aliphatic hydroxyl groups excluding tert-OH is 1. The monoisotopic (exact) mass is 172 g/mol.